The molecule has 4 N–H and O–H groups in total. The lowest BCUT2D eigenvalue weighted by molar-refractivity contribution is -0.384. The number of ether oxygens (including phenoxy) is 1. The normalized spacial score (nSPS) is 10.5. The molecule has 0 spiro atoms. The zero-order valence-corrected chi connectivity index (χ0v) is 10.8. The van der Waals surface area contributed by atoms with Gasteiger partial charge in [0.15, 0.2) is 5.69 Å². The number of nitrogens with zero attached hydrogens (tertiary/aromatic N) is 1. The molecule has 0 saturated heterocycles. The van der Waals surface area contributed by atoms with Crippen molar-refractivity contribution in [3.05, 3.63) is 40.0 Å². The van der Waals surface area contributed by atoms with Crippen molar-refractivity contribution < 1.29 is 19.6 Å². The van der Waals surface area contributed by atoms with Gasteiger partial charge in [-0.2, -0.15) is 0 Å². The molecular formula is C12H15N3O5. The number of nitro benzene ring substituents is 1. The molecule has 0 fully saturated rings. The molecular weight excluding hydrogens is 266 g/mol. The molecule has 0 aliphatic carbocycles. The smallest absolute Gasteiger partial charge is 0.336 e. The first kappa shape index (κ1) is 15.4. The molecule has 0 unspecified atom stereocenters. The van der Waals surface area contributed by atoms with E-state index in [2.05, 4.69) is 5.32 Å². The number of carbonyl (C=O) groups is 1. The Bertz CT molecular complexity index is 542. The molecule has 0 aliphatic rings. The van der Waals surface area contributed by atoms with Crippen LogP contribution in [0.2, 0.25) is 0 Å². The second-order valence-corrected chi connectivity index (χ2v) is 3.72. The molecule has 8 heteroatoms. The standard InChI is InChI=1S/C12H15N3O5/c1-20-10-7-8(12(16)17)6-9(15(18)19)11(10)14-5-3-2-4-13/h2-3,6-7,14H,4-5,13H2,1H3,(H,16,17). The molecule has 0 bridgehead atoms. The van der Waals surface area contributed by atoms with Crippen LogP contribution in [0.4, 0.5) is 11.4 Å². The van der Waals surface area contributed by atoms with Gasteiger partial charge >= 0.3 is 5.97 Å². The predicted molar refractivity (Wildman–Crippen MR) is 73.3 cm³/mol. The number of hydrogen-bond donors (Lipinski definition) is 3. The van der Waals surface area contributed by atoms with Gasteiger partial charge in [-0.3, -0.25) is 10.1 Å². The number of nitrogens with two attached hydrogens (primary N) is 1. The molecule has 20 heavy (non-hydrogen) atoms. The molecule has 0 amide bonds. The van der Waals surface area contributed by atoms with E-state index in [1.807, 2.05) is 0 Å². The fourth-order valence-electron chi connectivity index (χ4n) is 1.55. The summed E-state index contributed by atoms with van der Waals surface area (Å²) in [6.45, 7) is 0.666. The quantitative estimate of drug-likeness (QED) is 0.389. The van der Waals surface area contributed by atoms with Crippen LogP contribution >= 0.6 is 0 Å². The summed E-state index contributed by atoms with van der Waals surface area (Å²) >= 11 is 0. The Balaban J connectivity index is 3.21. The van der Waals surface area contributed by atoms with E-state index in [-0.39, 0.29) is 22.7 Å². The van der Waals surface area contributed by atoms with Crippen LogP contribution in [0.15, 0.2) is 24.3 Å². The summed E-state index contributed by atoms with van der Waals surface area (Å²) in [6.07, 6.45) is 3.39. The Morgan fingerprint density at radius 3 is 2.75 bits per heavy atom. The summed E-state index contributed by atoms with van der Waals surface area (Å²) in [5.41, 5.74) is 4.84. The van der Waals surface area contributed by atoms with E-state index in [1.165, 1.54) is 13.2 Å². The minimum Gasteiger partial charge on any atom is -0.494 e. The minimum atomic E-state index is -1.26. The van der Waals surface area contributed by atoms with E-state index in [1.54, 1.807) is 12.2 Å². The largest absolute Gasteiger partial charge is 0.494 e. The summed E-state index contributed by atoms with van der Waals surface area (Å²) in [5.74, 6) is -1.17. The number of hydrogen-bond acceptors (Lipinski definition) is 6. The average Bonchev–Trinajstić information content (AvgIpc) is 2.42. The third kappa shape index (κ3) is 3.69. The summed E-state index contributed by atoms with van der Waals surface area (Å²) in [5, 5.41) is 22.8. The number of nitro groups is 1. The first-order valence-corrected chi connectivity index (χ1v) is 5.70. The van der Waals surface area contributed by atoms with E-state index >= 15 is 0 Å². The monoisotopic (exact) mass is 281 g/mol. The van der Waals surface area contributed by atoms with Crippen LogP contribution < -0.4 is 15.8 Å². The molecule has 1 aromatic rings. The number of anilines is 1. The zero-order chi connectivity index (χ0) is 15.1. The zero-order valence-electron chi connectivity index (χ0n) is 10.8. The second kappa shape index (κ2) is 7.10. The van der Waals surface area contributed by atoms with E-state index in [4.69, 9.17) is 15.6 Å². The number of benzene rings is 1. The maximum atomic E-state index is 11.0. The van der Waals surface area contributed by atoms with Crippen LogP contribution in [0, 0.1) is 10.1 Å². The highest BCUT2D eigenvalue weighted by Crippen LogP contribution is 2.35. The van der Waals surface area contributed by atoms with Crippen molar-refractivity contribution in [1.29, 1.82) is 0 Å². The van der Waals surface area contributed by atoms with E-state index in [9.17, 15) is 14.9 Å². The third-order valence-corrected chi connectivity index (χ3v) is 2.44. The van der Waals surface area contributed by atoms with E-state index in [0.29, 0.717) is 13.1 Å². The Labute approximate surface area is 115 Å². The fourth-order valence-corrected chi connectivity index (χ4v) is 1.55. The molecule has 0 aliphatic heterocycles. The Morgan fingerprint density at radius 1 is 1.55 bits per heavy atom. The Kier molecular flexibility index (Phi) is 5.48. The van der Waals surface area contributed by atoms with Gasteiger partial charge in [-0.05, 0) is 6.07 Å². The van der Waals surface area contributed by atoms with E-state index < -0.39 is 10.9 Å². The van der Waals surface area contributed by atoms with Crippen LogP contribution in [0.1, 0.15) is 10.4 Å². The molecule has 0 aromatic heterocycles. The molecule has 0 saturated carbocycles. The van der Waals surface area contributed by atoms with Crippen molar-refractivity contribution >= 4 is 17.3 Å². The molecule has 0 heterocycles. The Morgan fingerprint density at radius 2 is 2.25 bits per heavy atom. The number of carboxylic acids is 1. The van der Waals surface area contributed by atoms with Crippen LogP contribution in [-0.2, 0) is 0 Å². The van der Waals surface area contributed by atoms with Crippen molar-refractivity contribution in [2.45, 2.75) is 0 Å². The molecule has 8 nitrogen and oxygen atoms in total. The Hall–Kier alpha value is -2.61. The minimum absolute atomic E-state index is 0.0951. The van der Waals surface area contributed by atoms with Crippen LogP contribution in [0.25, 0.3) is 0 Å². The molecule has 0 radical (unpaired) electrons. The lowest BCUT2D eigenvalue weighted by Crippen LogP contribution is -2.07. The lowest BCUT2D eigenvalue weighted by Gasteiger charge is -2.11. The summed E-state index contributed by atoms with van der Waals surface area (Å²) in [7, 11) is 1.31. The van der Waals surface area contributed by atoms with Crippen molar-refractivity contribution in [2.75, 3.05) is 25.5 Å². The number of rotatable bonds is 7. The maximum absolute atomic E-state index is 11.0. The van der Waals surface area contributed by atoms with Gasteiger partial charge in [-0.1, -0.05) is 12.2 Å². The van der Waals surface area contributed by atoms with Crippen molar-refractivity contribution in [1.82, 2.24) is 0 Å². The van der Waals surface area contributed by atoms with Gasteiger partial charge in [-0.15, -0.1) is 0 Å². The molecule has 108 valence electrons. The van der Waals surface area contributed by atoms with Crippen molar-refractivity contribution in [3.8, 4) is 5.75 Å². The van der Waals surface area contributed by atoms with Gasteiger partial charge in [0.25, 0.3) is 5.69 Å². The third-order valence-electron chi connectivity index (χ3n) is 2.44. The SMILES string of the molecule is COc1cc(C(=O)O)cc([N+](=O)[O-])c1NCC=CCN. The van der Waals surface area contributed by atoms with Crippen LogP contribution in [0.5, 0.6) is 5.75 Å². The lowest BCUT2D eigenvalue weighted by atomic mass is 10.1. The average molecular weight is 281 g/mol. The highest BCUT2D eigenvalue weighted by Gasteiger charge is 2.22. The number of methoxy groups -OCH3 is 1. The highest BCUT2D eigenvalue weighted by atomic mass is 16.6. The van der Waals surface area contributed by atoms with Gasteiger partial charge in [0, 0.05) is 19.2 Å². The second-order valence-electron chi connectivity index (χ2n) is 3.72. The first-order valence-electron chi connectivity index (χ1n) is 5.70. The highest BCUT2D eigenvalue weighted by molar-refractivity contribution is 5.91. The fraction of sp³-hybridized carbons (Fsp3) is 0.250. The number of aromatic carboxylic acids is 1. The maximum Gasteiger partial charge on any atom is 0.336 e. The van der Waals surface area contributed by atoms with Gasteiger partial charge in [0.05, 0.1) is 17.6 Å². The molecule has 1 rings (SSSR count). The van der Waals surface area contributed by atoms with Gasteiger partial charge in [0.1, 0.15) is 5.75 Å². The van der Waals surface area contributed by atoms with Crippen molar-refractivity contribution in [3.63, 3.8) is 0 Å². The summed E-state index contributed by atoms with van der Waals surface area (Å²) in [4.78, 5) is 21.3. The van der Waals surface area contributed by atoms with Crippen LogP contribution in [0.3, 0.4) is 0 Å². The topological polar surface area (TPSA) is 128 Å². The summed E-state index contributed by atoms with van der Waals surface area (Å²) in [6, 6.07) is 2.21. The van der Waals surface area contributed by atoms with Gasteiger partial charge < -0.3 is 20.9 Å². The molecule has 1 aromatic carbocycles. The van der Waals surface area contributed by atoms with Crippen molar-refractivity contribution in [2.24, 2.45) is 5.73 Å². The van der Waals surface area contributed by atoms with E-state index in [0.717, 1.165) is 6.07 Å². The van der Waals surface area contributed by atoms with Crippen LogP contribution in [-0.4, -0.2) is 36.2 Å². The predicted octanol–water partition coefficient (Wildman–Crippen LogP) is 1.23. The number of nitrogens with one attached hydrogen (secondary N) is 1. The molecule has 0 atom stereocenters. The summed E-state index contributed by atoms with van der Waals surface area (Å²) < 4.78 is 5.00. The number of carboxylic acid groups (broad SMARTS) is 1. The van der Waals surface area contributed by atoms with Gasteiger partial charge in [0.2, 0.25) is 0 Å². The van der Waals surface area contributed by atoms with Gasteiger partial charge in [-0.25, -0.2) is 4.79 Å². The first-order chi connectivity index (χ1) is 9.51.